The number of hydrogen-bond acceptors (Lipinski definition) is 5. The topological polar surface area (TPSA) is 51.0 Å². The van der Waals surface area contributed by atoms with E-state index >= 15 is 0 Å². The van der Waals surface area contributed by atoms with Crippen molar-refractivity contribution in [2.75, 3.05) is 10.8 Å². The molecule has 1 aliphatic heterocycles. The molecule has 5 nitrogen and oxygen atoms in total. The zero-order valence-corrected chi connectivity index (χ0v) is 7.51. The fourth-order valence-electron chi connectivity index (χ4n) is 0.869. The van der Waals surface area contributed by atoms with Gasteiger partial charge in [-0.1, -0.05) is 24.0 Å². The van der Waals surface area contributed by atoms with Crippen molar-refractivity contribution in [1.29, 1.82) is 0 Å². The highest BCUT2D eigenvalue weighted by atomic mass is 32.2. The van der Waals surface area contributed by atoms with Gasteiger partial charge in [0.05, 0.1) is 5.75 Å². The highest BCUT2D eigenvalue weighted by molar-refractivity contribution is 8.24. The van der Waals surface area contributed by atoms with Crippen molar-refractivity contribution in [3.05, 3.63) is 12.7 Å². The largest absolute Gasteiger partial charge is 0.272 e. The predicted octanol–water partition coefficient (Wildman–Crippen LogP) is -0.226. The van der Waals surface area contributed by atoms with Crippen molar-refractivity contribution in [2.45, 2.75) is 0 Å². The molecule has 0 aliphatic carbocycles. The molecule has 1 saturated heterocycles. The molecule has 1 aliphatic rings. The van der Waals surface area contributed by atoms with Crippen LogP contribution in [-0.4, -0.2) is 30.9 Å². The zero-order chi connectivity index (χ0) is 8.55. The summed E-state index contributed by atoms with van der Waals surface area (Å²) in [5, 5.41) is 8.55. The summed E-state index contributed by atoms with van der Waals surface area (Å²) < 4.78 is 2.02. The van der Waals surface area contributed by atoms with Gasteiger partial charge in [-0.25, -0.2) is 4.68 Å². The monoisotopic (exact) mass is 200 g/mol. The van der Waals surface area contributed by atoms with E-state index in [9.17, 15) is 4.79 Å². The van der Waals surface area contributed by atoms with Crippen LogP contribution in [0.25, 0.3) is 0 Å². The van der Waals surface area contributed by atoms with Crippen LogP contribution in [0.1, 0.15) is 0 Å². The molecule has 7 heteroatoms. The van der Waals surface area contributed by atoms with Crippen LogP contribution in [0.3, 0.4) is 0 Å². The van der Waals surface area contributed by atoms with Crippen molar-refractivity contribution < 1.29 is 4.79 Å². The number of carbonyl (C=O) groups is 1. The quantitative estimate of drug-likeness (QED) is 0.586. The Bertz CT molecular complexity index is 306. The molecule has 1 aromatic rings. The van der Waals surface area contributed by atoms with Crippen molar-refractivity contribution in [2.24, 2.45) is 0 Å². The van der Waals surface area contributed by atoms with Gasteiger partial charge in [-0.05, 0) is 0 Å². The van der Waals surface area contributed by atoms with Gasteiger partial charge < -0.3 is 0 Å². The number of nitrogens with zero attached hydrogens (tertiary/aromatic N) is 4. The van der Waals surface area contributed by atoms with Gasteiger partial charge in [0.25, 0.3) is 5.91 Å². The van der Waals surface area contributed by atoms with E-state index in [2.05, 4.69) is 10.2 Å². The lowest BCUT2D eigenvalue weighted by molar-refractivity contribution is -0.116. The van der Waals surface area contributed by atoms with Gasteiger partial charge in [0, 0.05) is 0 Å². The molecule has 0 radical (unpaired) electrons. The minimum absolute atomic E-state index is 0.0372. The van der Waals surface area contributed by atoms with Gasteiger partial charge >= 0.3 is 0 Å². The Balaban J connectivity index is 2.34. The molecule has 1 amide bonds. The normalized spacial score (nSPS) is 17.5. The summed E-state index contributed by atoms with van der Waals surface area (Å²) in [7, 11) is 0. The number of rotatable bonds is 1. The maximum atomic E-state index is 11.2. The Labute approximate surface area is 77.7 Å². The summed E-state index contributed by atoms with van der Waals surface area (Å²) in [5.41, 5.74) is 0. The van der Waals surface area contributed by atoms with Gasteiger partial charge in [-0.2, -0.15) is 5.01 Å². The van der Waals surface area contributed by atoms with Crippen LogP contribution in [0.15, 0.2) is 12.7 Å². The second-order valence-electron chi connectivity index (χ2n) is 2.10. The van der Waals surface area contributed by atoms with Crippen LogP contribution in [0.4, 0.5) is 0 Å². The highest BCUT2D eigenvalue weighted by Gasteiger charge is 2.28. The van der Waals surface area contributed by atoms with Gasteiger partial charge in [0.2, 0.25) is 0 Å². The van der Waals surface area contributed by atoms with Crippen molar-refractivity contribution in [3.63, 3.8) is 0 Å². The van der Waals surface area contributed by atoms with E-state index in [1.54, 1.807) is 0 Å². The van der Waals surface area contributed by atoms with Crippen molar-refractivity contribution in [1.82, 2.24) is 14.9 Å². The van der Waals surface area contributed by atoms with Crippen LogP contribution < -0.4 is 5.01 Å². The third-order valence-electron chi connectivity index (χ3n) is 1.37. The maximum absolute atomic E-state index is 11.2. The summed E-state index contributed by atoms with van der Waals surface area (Å²) in [6.07, 6.45) is 2.88. The number of thiocarbonyl (C=S) groups is 1. The Morgan fingerprint density at radius 2 is 2.17 bits per heavy atom. The summed E-state index contributed by atoms with van der Waals surface area (Å²) in [5.74, 6) is 0.363. The first-order valence-electron chi connectivity index (χ1n) is 3.13. The number of thioether (sulfide) groups is 1. The second kappa shape index (κ2) is 2.83. The Morgan fingerprint density at radius 1 is 1.50 bits per heavy atom. The van der Waals surface area contributed by atoms with Crippen molar-refractivity contribution in [3.8, 4) is 0 Å². The number of aromatic nitrogens is 3. The first kappa shape index (κ1) is 7.69. The van der Waals surface area contributed by atoms with Crippen LogP contribution in [0.2, 0.25) is 0 Å². The van der Waals surface area contributed by atoms with E-state index in [1.807, 2.05) is 0 Å². The third kappa shape index (κ3) is 1.10. The van der Waals surface area contributed by atoms with E-state index in [4.69, 9.17) is 12.2 Å². The standard InChI is InChI=1S/C5H4N4OS2/c10-4-1-12-5(11)9(4)8-2-6-7-3-8/h2-3H,1H2. The number of amides is 1. The smallest absolute Gasteiger partial charge is 0.257 e. The number of hydrogen-bond donors (Lipinski definition) is 0. The van der Waals surface area contributed by atoms with Crippen LogP contribution in [-0.2, 0) is 4.79 Å². The van der Waals surface area contributed by atoms with Gasteiger partial charge in [-0.3, -0.25) is 4.79 Å². The van der Waals surface area contributed by atoms with Crippen LogP contribution in [0, 0.1) is 0 Å². The molecule has 12 heavy (non-hydrogen) atoms. The lowest BCUT2D eigenvalue weighted by atomic mass is 10.7. The fourth-order valence-corrected chi connectivity index (χ4v) is 1.93. The van der Waals surface area contributed by atoms with E-state index in [0.717, 1.165) is 0 Å². The fraction of sp³-hybridized carbons (Fsp3) is 0.200. The molecule has 1 aromatic heterocycles. The first-order valence-corrected chi connectivity index (χ1v) is 4.53. The molecule has 2 heterocycles. The molecule has 0 bridgehead atoms. The first-order chi connectivity index (χ1) is 5.79. The van der Waals surface area contributed by atoms with E-state index < -0.39 is 0 Å². The van der Waals surface area contributed by atoms with E-state index in [1.165, 1.54) is 34.1 Å². The maximum Gasteiger partial charge on any atom is 0.257 e. The van der Waals surface area contributed by atoms with E-state index in [-0.39, 0.29) is 5.91 Å². The predicted molar refractivity (Wildman–Crippen MR) is 48.3 cm³/mol. The molecule has 0 atom stereocenters. The van der Waals surface area contributed by atoms with Crippen LogP contribution >= 0.6 is 24.0 Å². The average Bonchev–Trinajstić information content (AvgIpc) is 2.61. The Hall–Kier alpha value is -0.950. The van der Waals surface area contributed by atoms with Gasteiger partial charge in [-0.15, -0.1) is 10.2 Å². The molecule has 2 rings (SSSR count). The summed E-state index contributed by atoms with van der Waals surface area (Å²) in [6.45, 7) is 0. The zero-order valence-electron chi connectivity index (χ0n) is 5.88. The van der Waals surface area contributed by atoms with Crippen molar-refractivity contribution >= 4 is 34.2 Å². The summed E-state index contributed by atoms with van der Waals surface area (Å²) in [4.78, 5) is 11.2. The molecular weight excluding hydrogens is 196 g/mol. The lowest BCUT2D eigenvalue weighted by Gasteiger charge is -2.13. The molecule has 0 unspecified atom stereocenters. The molecule has 0 spiro atoms. The molecule has 62 valence electrons. The third-order valence-corrected chi connectivity index (χ3v) is 2.70. The van der Waals surface area contributed by atoms with Gasteiger partial charge in [0.1, 0.15) is 12.7 Å². The molecule has 0 saturated carbocycles. The summed E-state index contributed by atoms with van der Waals surface area (Å²) in [6, 6.07) is 0. The Kier molecular flexibility index (Phi) is 1.81. The minimum Gasteiger partial charge on any atom is -0.272 e. The highest BCUT2D eigenvalue weighted by Crippen LogP contribution is 2.17. The molecule has 0 N–H and O–H groups in total. The molecular formula is C5H4N4OS2. The van der Waals surface area contributed by atoms with E-state index in [0.29, 0.717) is 10.1 Å². The molecule has 0 aromatic carbocycles. The summed E-state index contributed by atoms with van der Waals surface area (Å²) >= 11 is 6.30. The SMILES string of the molecule is O=C1CSC(=S)N1n1cnnc1. The number of carbonyl (C=O) groups excluding carboxylic acids is 1. The minimum atomic E-state index is -0.0372. The lowest BCUT2D eigenvalue weighted by Crippen LogP contribution is -2.37. The van der Waals surface area contributed by atoms with Gasteiger partial charge in [0.15, 0.2) is 4.32 Å². The Morgan fingerprint density at radius 3 is 2.67 bits per heavy atom. The average molecular weight is 200 g/mol. The second-order valence-corrected chi connectivity index (χ2v) is 3.71. The molecule has 1 fully saturated rings. The van der Waals surface area contributed by atoms with Crippen LogP contribution in [0.5, 0.6) is 0 Å².